The van der Waals surface area contributed by atoms with E-state index in [0.717, 1.165) is 5.56 Å². The van der Waals surface area contributed by atoms with E-state index < -0.39 is 6.10 Å². The van der Waals surface area contributed by atoms with Gasteiger partial charge in [0.1, 0.15) is 0 Å². The van der Waals surface area contributed by atoms with Crippen molar-refractivity contribution in [3.8, 4) is 11.4 Å². The molecule has 0 bridgehead atoms. The Balaban J connectivity index is 2.07. The van der Waals surface area contributed by atoms with Crippen LogP contribution in [0.4, 0.5) is 0 Å². The number of nitrogens with zero attached hydrogens (tertiary/aromatic N) is 2. The lowest BCUT2D eigenvalue weighted by Gasteiger charge is -2.04. The highest BCUT2D eigenvalue weighted by Crippen LogP contribution is 2.21. The van der Waals surface area contributed by atoms with Crippen LogP contribution < -0.4 is 0 Å². The van der Waals surface area contributed by atoms with Gasteiger partial charge in [0, 0.05) is 17.6 Å². The summed E-state index contributed by atoms with van der Waals surface area (Å²) >= 11 is 1.68. The van der Waals surface area contributed by atoms with E-state index in [1.54, 1.807) is 11.8 Å². The lowest BCUT2D eigenvalue weighted by molar-refractivity contribution is 0.0599. The lowest BCUT2D eigenvalue weighted by atomic mass is 10.2. The number of hydrogen-bond donors (Lipinski definition) is 1. The van der Waals surface area contributed by atoms with Gasteiger partial charge in [-0.3, -0.25) is 0 Å². The molecule has 1 N–H and O–H groups in total. The Bertz CT molecular complexity index is 513. The van der Waals surface area contributed by atoms with Crippen molar-refractivity contribution in [3.05, 3.63) is 30.2 Å². The first-order chi connectivity index (χ1) is 9.22. The van der Waals surface area contributed by atoms with Gasteiger partial charge in [-0.1, -0.05) is 5.16 Å². The smallest absolute Gasteiger partial charge is 0.229 e. The lowest BCUT2D eigenvalue weighted by Crippen LogP contribution is -2.17. The highest BCUT2D eigenvalue weighted by molar-refractivity contribution is 7.98. The van der Waals surface area contributed by atoms with Crippen LogP contribution in [0.5, 0.6) is 0 Å². The Kier molecular flexibility index (Phi) is 4.95. The largest absolute Gasteiger partial charge is 0.390 e. The Morgan fingerprint density at radius 3 is 2.74 bits per heavy atom. The molecule has 2 aromatic rings. The van der Waals surface area contributed by atoms with Crippen molar-refractivity contribution in [2.45, 2.75) is 17.4 Å². The summed E-state index contributed by atoms with van der Waals surface area (Å²) in [7, 11) is 1.54. The second kappa shape index (κ2) is 6.70. The summed E-state index contributed by atoms with van der Waals surface area (Å²) in [6, 6.07) is 7.92. The van der Waals surface area contributed by atoms with Crippen molar-refractivity contribution in [2.24, 2.45) is 0 Å². The van der Waals surface area contributed by atoms with Crippen LogP contribution in [0.1, 0.15) is 5.89 Å². The van der Waals surface area contributed by atoms with E-state index in [4.69, 9.17) is 9.26 Å². The van der Waals surface area contributed by atoms with Crippen molar-refractivity contribution in [1.29, 1.82) is 0 Å². The molecule has 0 aliphatic heterocycles. The molecule has 5 nitrogen and oxygen atoms in total. The van der Waals surface area contributed by atoms with Gasteiger partial charge in [0.05, 0.1) is 19.1 Å². The van der Waals surface area contributed by atoms with Gasteiger partial charge in [0.25, 0.3) is 0 Å². The highest BCUT2D eigenvalue weighted by Gasteiger charge is 2.13. The molecule has 0 saturated heterocycles. The molecule has 1 heterocycles. The molecule has 0 spiro atoms. The Hall–Kier alpha value is -1.37. The molecule has 0 fully saturated rings. The Morgan fingerprint density at radius 1 is 1.37 bits per heavy atom. The quantitative estimate of drug-likeness (QED) is 0.816. The van der Waals surface area contributed by atoms with Crippen LogP contribution in [0.2, 0.25) is 0 Å². The molecule has 0 aliphatic carbocycles. The Labute approximate surface area is 116 Å². The zero-order valence-electron chi connectivity index (χ0n) is 10.9. The number of ether oxygens (including phenoxy) is 1. The van der Waals surface area contributed by atoms with Gasteiger partial charge in [0.15, 0.2) is 0 Å². The van der Waals surface area contributed by atoms with Crippen molar-refractivity contribution in [2.75, 3.05) is 20.0 Å². The van der Waals surface area contributed by atoms with Crippen molar-refractivity contribution in [3.63, 3.8) is 0 Å². The molecule has 1 aromatic carbocycles. The van der Waals surface area contributed by atoms with Gasteiger partial charge in [-0.25, -0.2) is 0 Å². The molecule has 0 radical (unpaired) electrons. The number of thioether (sulfide) groups is 1. The third-order valence-electron chi connectivity index (χ3n) is 2.59. The fraction of sp³-hybridized carbons (Fsp3) is 0.385. The highest BCUT2D eigenvalue weighted by atomic mass is 32.2. The molecule has 0 amide bonds. The summed E-state index contributed by atoms with van der Waals surface area (Å²) in [5, 5.41) is 13.5. The standard InChI is InChI=1S/C13H16N2O3S/c1-17-8-10(16)7-12-14-13(15-18-12)9-3-5-11(19-2)6-4-9/h3-6,10,16H,7-8H2,1-2H3. The zero-order chi connectivity index (χ0) is 13.7. The number of hydrogen-bond acceptors (Lipinski definition) is 6. The van der Waals surface area contributed by atoms with E-state index in [1.807, 2.05) is 30.5 Å². The summed E-state index contributed by atoms with van der Waals surface area (Å²) in [5.41, 5.74) is 0.897. The zero-order valence-corrected chi connectivity index (χ0v) is 11.7. The minimum atomic E-state index is -0.628. The van der Waals surface area contributed by atoms with E-state index >= 15 is 0 Å². The van der Waals surface area contributed by atoms with Gasteiger partial charge in [-0.05, 0) is 30.5 Å². The molecule has 1 aromatic heterocycles. The first-order valence-corrected chi connectivity index (χ1v) is 7.09. The summed E-state index contributed by atoms with van der Waals surface area (Å²) in [5.74, 6) is 0.945. The van der Waals surface area contributed by atoms with Crippen LogP contribution in [0.15, 0.2) is 33.7 Å². The number of aliphatic hydroxyl groups excluding tert-OH is 1. The number of aromatic nitrogens is 2. The number of benzene rings is 1. The van der Waals surface area contributed by atoms with Crippen LogP contribution in [-0.2, 0) is 11.2 Å². The van der Waals surface area contributed by atoms with E-state index in [1.165, 1.54) is 12.0 Å². The average molecular weight is 280 g/mol. The van der Waals surface area contributed by atoms with Crippen LogP contribution in [-0.4, -0.2) is 41.3 Å². The maximum absolute atomic E-state index is 9.60. The molecule has 2 rings (SSSR count). The summed E-state index contributed by atoms with van der Waals surface area (Å²) in [6.45, 7) is 0.250. The Morgan fingerprint density at radius 2 is 2.11 bits per heavy atom. The van der Waals surface area contributed by atoms with Gasteiger partial charge < -0.3 is 14.4 Å². The maximum Gasteiger partial charge on any atom is 0.229 e. The minimum absolute atomic E-state index is 0.250. The predicted octanol–water partition coefficient (Wildman–Crippen LogP) is 2.01. The van der Waals surface area contributed by atoms with Gasteiger partial charge in [-0.15, -0.1) is 11.8 Å². The first-order valence-electron chi connectivity index (χ1n) is 5.87. The molecule has 6 heteroatoms. The summed E-state index contributed by atoms with van der Waals surface area (Å²) < 4.78 is 9.96. The second-order valence-electron chi connectivity index (χ2n) is 4.05. The van der Waals surface area contributed by atoms with E-state index in [0.29, 0.717) is 18.1 Å². The number of aliphatic hydroxyl groups is 1. The minimum Gasteiger partial charge on any atom is -0.390 e. The second-order valence-corrected chi connectivity index (χ2v) is 4.93. The van der Waals surface area contributed by atoms with Crippen molar-refractivity contribution >= 4 is 11.8 Å². The van der Waals surface area contributed by atoms with Crippen molar-refractivity contribution < 1.29 is 14.4 Å². The molecular weight excluding hydrogens is 264 g/mol. The fourth-order valence-corrected chi connectivity index (χ4v) is 2.06. The third-order valence-corrected chi connectivity index (χ3v) is 3.33. The molecule has 0 saturated carbocycles. The third kappa shape index (κ3) is 3.79. The maximum atomic E-state index is 9.60. The number of methoxy groups -OCH3 is 1. The molecule has 1 unspecified atom stereocenters. The number of rotatable bonds is 6. The molecule has 1 atom stereocenters. The normalized spacial score (nSPS) is 12.6. The molecule has 0 aliphatic rings. The van der Waals surface area contributed by atoms with Crippen molar-refractivity contribution in [1.82, 2.24) is 10.1 Å². The summed E-state index contributed by atoms with van der Waals surface area (Å²) in [6.07, 6.45) is 1.69. The van der Waals surface area contributed by atoms with Gasteiger partial charge >= 0.3 is 0 Å². The SMILES string of the molecule is COCC(O)Cc1nc(-c2ccc(SC)cc2)no1. The van der Waals surface area contributed by atoms with Gasteiger partial charge in [-0.2, -0.15) is 4.98 Å². The summed E-state index contributed by atoms with van der Waals surface area (Å²) in [4.78, 5) is 5.44. The van der Waals surface area contributed by atoms with Crippen LogP contribution in [0.25, 0.3) is 11.4 Å². The predicted molar refractivity (Wildman–Crippen MR) is 73.1 cm³/mol. The monoisotopic (exact) mass is 280 g/mol. The van der Waals surface area contributed by atoms with Crippen LogP contribution >= 0.6 is 11.8 Å². The van der Waals surface area contributed by atoms with E-state index in [2.05, 4.69) is 10.1 Å². The van der Waals surface area contributed by atoms with Crippen LogP contribution in [0.3, 0.4) is 0 Å². The van der Waals surface area contributed by atoms with E-state index in [9.17, 15) is 5.11 Å². The molecular formula is C13H16N2O3S. The average Bonchev–Trinajstić information content (AvgIpc) is 2.87. The fourth-order valence-electron chi connectivity index (χ4n) is 1.65. The molecule has 102 valence electrons. The first kappa shape index (κ1) is 14.0. The topological polar surface area (TPSA) is 68.4 Å². The van der Waals surface area contributed by atoms with Crippen LogP contribution in [0, 0.1) is 0 Å². The van der Waals surface area contributed by atoms with Gasteiger partial charge in [0.2, 0.25) is 11.7 Å². The van der Waals surface area contributed by atoms with E-state index in [-0.39, 0.29) is 6.61 Å². The molecule has 19 heavy (non-hydrogen) atoms.